The second kappa shape index (κ2) is 6.37. The summed E-state index contributed by atoms with van der Waals surface area (Å²) in [6.07, 6.45) is 0.704. The summed E-state index contributed by atoms with van der Waals surface area (Å²) >= 11 is 5.95. The second-order valence-electron chi connectivity index (χ2n) is 4.85. The molecule has 1 aliphatic rings. The van der Waals surface area contributed by atoms with Gasteiger partial charge in [0.15, 0.2) is 6.10 Å². The van der Waals surface area contributed by atoms with Gasteiger partial charge in [0.05, 0.1) is 6.10 Å². The maximum Gasteiger partial charge on any atom is 0.332 e. The largest absolute Gasteiger partial charge is 0.479 e. The Morgan fingerprint density at radius 2 is 2.37 bits per heavy atom. The molecule has 1 aromatic carbocycles. The van der Waals surface area contributed by atoms with Gasteiger partial charge >= 0.3 is 5.97 Å². The molecule has 0 bridgehead atoms. The quantitative estimate of drug-likeness (QED) is 0.872. The Morgan fingerprint density at radius 3 is 3.00 bits per heavy atom. The lowest BCUT2D eigenvalue weighted by Gasteiger charge is -2.18. The van der Waals surface area contributed by atoms with Crippen molar-refractivity contribution < 1.29 is 14.6 Å². The molecule has 0 aliphatic carbocycles. The normalized spacial score (nSPS) is 24.3. The fourth-order valence-corrected chi connectivity index (χ4v) is 2.44. The molecule has 5 heteroatoms. The molecule has 0 saturated carbocycles. The molecule has 4 nitrogen and oxygen atoms in total. The van der Waals surface area contributed by atoms with Gasteiger partial charge in [-0.1, -0.05) is 23.7 Å². The molecule has 1 saturated heterocycles. The number of carboxylic acids is 1. The number of carboxylic acid groups (broad SMARTS) is 1. The Kier molecular flexibility index (Phi) is 4.80. The number of carbonyl (C=O) groups is 1. The van der Waals surface area contributed by atoms with Gasteiger partial charge < -0.3 is 15.2 Å². The molecule has 1 aromatic rings. The minimum absolute atomic E-state index is 0.0252. The van der Waals surface area contributed by atoms with Crippen molar-refractivity contribution >= 4 is 17.6 Å². The number of hydrogen-bond acceptors (Lipinski definition) is 3. The van der Waals surface area contributed by atoms with Crippen LogP contribution in [-0.2, 0) is 9.53 Å². The molecule has 2 rings (SSSR count). The summed E-state index contributed by atoms with van der Waals surface area (Å²) in [4.78, 5) is 10.8. The zero-order valence-electron chi connectivity index (χ0n) is 10.8. The Labute approximate surface area is 117 Å². The van der Waals surface area contributed by atoms with E-state index in [4.69, 9.17) is 21.4 Å². The van der Waals surface area contributed by atoms with Gasteiger partial charge in [-0.25, -0.2) is 4.79 Å². The lowest BCUT2D eigenvalue weighted by atomic mass is 10.1. The summed E-state index contributed by atoms with van der Waals surface area (Å²) in [6, 6.07) is 7.86. The maximum atomic E-state index is 10.8. The topological polar surface area (TPSA) is 58.6 Å². The molecular weight excluding hydrogens is 266 g/mol. The molecule has 1 fully saturated rings. The average molecular weight is 284 g/mol. The van der Waals surface area contributed by atoms with Crippen LogP contribution in [0.2, 0.25) is 5.02 Å². The van der Waals surface area contributed by atoms with Gasteiger partial charge in [-0.15, -0.1) is 0 Å². The number of ether oxygens (including phenoxy) is 1. The summed E-state index contributed by atoms with van der Waals surface area (Å²) < 4.78 is 5.44. The molecular formula is C14H18ClNO3. The monoisotopic (exact) mass is 283 g/mol. The van der Waals surface area contributed by atoms with Crippen LogP contribution in [-0.4, -0.2) is 29.8 Å². The lowest BCUT2D eigenvalue weighted by molar-refractivity contribution is -0.149. The third-order valence-corrected chi connectivity index (χ3v) is 3.62. The molecule has 19 heavy (non-hydrogen) atoms. The molecule has 1 aliphatic heterocycles. The number of halogens is 1. The van der Waals surface area contributed by atoms with Crippen molar-refractivity contribution in [1.29, 1.82) is 0 Å². The molecule has 0 amide bonds. The highest BCUT2D eigenvalue weighted by molar-refractivity contribution is 6.30. The van der Waals surface area contributed by atoms with Crippen molar-refractivity contribution in [1.82, 2.24) is 5.32 Å². The highest BCUT2D eigenvalue weighted by atomic mass is 35.5. The van der Waals surface area contributed by atoms with Crippen molar-refractivity contribution in [3.8, 4) is 0 Å². The van der Waals surface area contributed by atoms with E-state index in [1.54, 1.807) is 0 Å². The van der Waals surface area contributed by atoms with Gasteiger partial charge in [0.25, 0.3) is 0 Å². The fraction of sp³-hybridized carbons (Fsp3) is 0.500. The Hall–Kier alpha value is -1.10. The van der Waals surface area contributed by atoms with Crippen LogP contribution in [0.1, 0.15) is 31.4 Å². The van der Waals surface area contributed by atoms with Crippen LogP contribution in [0.25, 0.3) is 0 Å². The first-order chi connectivity index (χ1) is 9.06. The number of hydrogen-bond donors (Lipinski definition) is 2. The summed E-state index contributed by atoms with van der Waals surface area (Å²) in [7, 11) is 0. The van der Waals surface area contributed by atoms with E-state index in [1.165, 1.54) is 0 Å². The Balaban J connectivity index is 1.81. The molecule has 0 aromatic heterocycles. The first kappa shape index (κ1) is 14.3. The van der Waals surface area contributed by atoms with Crippen molar-refractivity contribution in [2.45, 2.75) is 38.0 Å². The third kappa shape index (κ3) is 3.93. The van der Waals surface area contributed by atoms with Crippen LogP contribution in [0, 0.1) is 0 Å². The van der Waals surface area contributed by atoms with Gasteiger partial charge in [-0.2, -0.15) is 0 Å². The summed E-state index contributed by atoms with van der Waals surface area (Å²) in [5, 5.41) is 12.9. The fourth-order valence-electron chi connectivity index (χ4n) is 2.24. The maximum absolute atomic E-state index is 10.8. The highest BCUT2D eigenvalue weighted by Crippen LogP contribution is 2.21. The predicted molar refractivity (Wildman–Crippen MR) is 73.4 cm³/mol. The average Bonchev–Trinajstić information content (AvgIpc) is 2.85. The molecule has 2 unspecified atom stereocenters. The molecule has 0 spiro atoms. The molecule has 2 N–H and O–H groups in total. The van der Waals surface area contributed by atoms with Crippen LogP contribution >= 0.6 is 11.6 Å². The van der Waals surface area contributed by atoms with Gasteiger partial charge in [-0.3, -0.25) is 0 Å². The van der Waals surface area contributed by atoms with E-state index < -0.39 is 12.1 Å². The van der Waals surface area contributed by atoms with E-state index >= 15 is 0 Å². The van der Waals surface area contributed by atoms with Crippen LogP contribution < -0.4 is 5.32 Å². The second-order valence-corrected chi connectivity index (χ2v) is 5.28. The smallest absolute Gasteiger partial charge is 0.332 e. The number of aliphatic carboxylic acids is 1. The van der Waals surface area contributed by atoms with Gasteiger partial charge in [-0.05, 0) is 37.5 Å². The zero-order valence-corrected chi connectivity index (χ0v) is 11.6. The number of benzene rings is 1. The first-order valence-corrected chi connectivity index (χ1v) is 6.81. The van der Waals surface area contributed by atoms with Gasteiger partial charge in [0, 0.05) is 17.6 Å². The van der Waals surface area contributed by atoms with E-state index in [0.717, 1.165) is 12.0 Å². The highest BCUT2D eigenvalue weighted by Gasteiger charge is 2.30. The molecule has 3 atom stereocenters. The van der Waals surface area contributed by atoms with Crippen LogP contribution in [0.5, 0.6) is 0 Å². The van der Waals surface area contributed by atoms with E-state index in [2.05, 4.69) is 12.2 Å². The number of nitrogens with one attached hydrogen (secondary N) is 1. The lowest BCUT2D eigenvalue weighted by Crippen LogP contribution is -2.30. The first-order valence-electron chi connectivity index (χ1n) is 6.43. The zero-order chi connectivity index (χ0) is 13.8. The van der Waals surface area contributed by atoms with Gasteiger partial charge in [0.2, 0.25) is 0 Å². The van der Waals surface area contributed by atoms with E-state index in [0.29, 0.717) is 18.0 Å². The van der Waals surface area contributed by atoms with Crippen molar-refractivity contribution in [3.05, 3.63) is 34.9 Å². The third-order valence-electron chi connectivity index (χ3n) is 3.38. The SMILES string of the molecule is C[C@@H](NCC1CCC(C(=O)O)O1)c1cccc(Cl)c1. The standard InChI is InChI=1S/C14H18ClNO3/c1-9(10-3-2-4-11(15)7-10)16-8-12-5-6-13(19-12)14(17)18/h2-4,7,9,12-13,16H,5-6,8H2,1H3,(H,17,18)/t9-,12?,13?/m1/s1. The molecule has 104 valence electrons. The Bertz CT molecular complexity index is 452. The predicted octanol–water partition coefficient (Wildman–Crippen LogP) is 2.62. The minimum atomic E-state index is -0.870. The van der Waals surface area contributed by atoms with Crippen molar-refractivity contribution in [2.24, 2.45) is 0 Å². The molecule has 1 heterocycles. The molecule has 0 radical (unpaired) electrons. The summed E-state index contributed by atoms with van der Waals surface area (Å²) in [5.74, 6) is -0.870. The van der Waals surface area contributed by atoms with E-state index in [9.17, 15) is 4.79 Å². The van der Waals surface area contributed by atoms with E-state index in [-0.39, 0.29) is 12.1 Å². The van der Waals surface area contributed by atoms with Crippen LogP contribution in [0.4, 0.5) is 0 Å². The Morgan fingerprint density at radius 1 is 1.58 bits per heavy atom. The summed E-state index contributed by atoms with van der Waals surface area (Å²) in [5.41, 5.74) is 1.11. The minimum Gasteiger partial charge on any atom is -0.479 e. The number of rotatable bonds is 5. The summed E-state index contributed by atoms with van der Waals surface area (Å²) in [6.45, 7) is 2.70. The van der Waals surface area contributed by atoms with Gasteiger partial charge in [0.1, 0.15) is 0 Å². The van der Waals surface area contributed by atoms with Crippen LogP contribution in [0.15, 0.2) is 24.3 Å². The van der Waals surface area contributed by atoms with Crippen LogP contribution in [0.3, 0.4) is 0 Å². The van der Waals surface area contributed by atoms with Crippen molar-refractivity contribution in [2.75, 3.05) is 6.54 Å². The van der Waals surface area contributed by atoms with E-state index in [1.807, 2.05) is 24.3 Å². The van der Waals surface area contributed by atoms with Crippen molar-refractivity contribution in [3.63, 3.8) is 0 Å².